The summed E-state index contributed by atoms with van der Waals surface area (Å²) in [4.78, 5) is 12.0. The van der Waals surface area contributed by atoms with Gasteiger partial charge in [-0.15, -0.1) is 0 Å². The number of nitrogens with zero attached hydrogens (tertiary/aromatic N) is 1. The Bertz CT molecular complexity index is 614. The van der Waals surface area contributed by atoms with Crippen LogP contribution in [0.25, 0.3) is 0 Å². The van der Waals surface area contributed by atoms with E-state index in [1.807, 2.05) is 54.1 Å². The summed E-state index contributed by atoms with van der Waals surface area (Å²) < 4.78 is 3.72. The van der Waals surface area contributed by atoms with Crippen LogP contribution in [0.5, 0.6) is 0 Å². The largest absolute Gasteiger partial charge is 0.320 e. The average molecular weight is 385 g/mol. The normalized spacial score (nSPS) is 10.3. The van der Waals surface area contributed by atoms with Crippen LogP contribution >= 0.6 is 31.9 Å². The van der Waals surface area contributed by atoms with Gasteiger partial charge in [0.25, 0.3) is 5.91 Å². The highest BCUT2D eigenvalue weighted by molar-refractivity contribution is 9.11. The first-order chi connectivity index (χ1) is 9.06. The number of aryl methyl sites for hydroxylation is 1. The Morgan fingerprint density at radius 1 is 1.26 bits per heavy atom. The quantitative estimate of drug-likeness (QED) is 0.807. The van der Waals surface area contributed by atoms with Gasteiger partial charge in [-0.2, -0.15) is 4.57 Å². The molecule has 19 heavy (non-hydrogen) atoms. The van der Waals surface area contributed by atoms with Crippen molar-refractivity contribution in [2.75, 3.05) is 5.32 Å². The maximum absolute atomic E-state index is 12.0. The molecule has 5 heteroatoms. The highest BCUT2D eigenvalue weighted by Gasteiger charge is 2.13. The van der Waals surface area contributed by atoms with Gasteiger partial charge in [0.1, 0.15) is 0 Å². The van der Waals surface area contributed by atoms with E-state index in [1.54, 1.807) is 0 Å². The number of pyridine rings is 1. The highest BCUT2D eigenvalue weighted by atomic mass is 79.9. The van der Waals surface area contributed by atoms with Crippen LogP contribution in [0.1, 0.15) is 5.69 Å². The minimum Gasteiger partial charge on any atom is -0.320 e. The highest BCUT2D eigenvalue weighted by Crippen LogP contribution is 2.25. The van der Waals surface area contributed by atoms with E-state index in [0.29, 0.717) is 6.54 Å². The Labute approximate surface area is 128 Å². The number of amides is 1. The molecule has 0 bridgehead atoms. The molecule has 0 aliphatic carbocycles. The smallest absolute Gasteiger partial charge is 0.290 e. The van der Waals surface area contributed by atoms with Crippen molar-refractivity contribution in [1.82, 2.24) is 0 Å². The number of nitrogens with one attached hydrogen (secondary N) is 1. The number of hydrogen-bond donors (Lipinski definition) is 1. The predicted octanol–water partition coefficient (Wildman–Crippen LogP) is 3.45. The topological polar surface area (TPSA) is 33.0 Å². The molecule has 2 aromatic rings. The molecule has 1 aromatic carbocycles. The van der Waals surface area contributed by atoms with Gasteiger partial charge in [0.2, 0.25) is 6.54 Å². The summed E-state index contributed by atoms with van der Waals surface area (Å²) in [5.74, 6) is -0.0534. The molecule has 0 saturated carbocycles. The fourth-order valence-electron chi connectivity index (χ4n) is 1.67. The fourth-order valence-corrected chi connectivity index (χ4v) is 2.82. The summed E-state index contributed by atoms with van der Waals surface area (Å²) in [7, 11) is 0. The van der Waals surface area contributed by atoms with Crippen molar-refractivity contribution < 1.29 is 9.36 Å². The summed E-state index contributed by atoms with van der Waals surface area (Å²) in [5, 5.41) is 2.89. The molecule has 0 aliphatic heterocycles. The lowest BCUT2D eigenvalue weighted by Gasteiger charge is -2.06. The number of carbonyl (C=O) groups excluding carboxylic acids is 1. The maximum Gasteiger partial charge on any atom is 0.290 e. The molecule has 1 amide bonds. The van der Waals surface area contributed by atoms with Crippen LogP contribution in [0.3, 0.4) is 0 Å². The van der Waals surface area contributed by atoms with Crippen molar-refractivity contribution in [2.45, 2.75) is 13.5 Å². The number of rotatable bonds is 3. The first-order valence-electron chi connectivity index (χ1n) is 5.76. The molecule has 2 rings (SSSR count). The molecule has 0 aliphatic rings. The van der Waals surface area contributed by atoms with Crippen LogP contribution in [-0.4, -0.2) is 5.91 Å². The van der Waals surface area contributed by atoms with E-state index in [2.05, 4.69) is 37.2 Å². The molecule has 0 saturated heterocycles. The second-order valence-corrected chi connectivity index (χ2v) is 5.91. The van der Waals surface area contributed by atoms with Gasteiger partial charge < -0.3 is 5.32 Å². The first-order valence-corrected chi connectivity index (χ1v) is 7.35. The Morgan fingerprint density at radius 2 is 2.05 bits per heavy atom. The van der Waals surface area contributed by atoms with Crippen LogP contribution in [-0.2, 0) is 11.3 Å². The number of anilines is 1. The lowest BCUT2D eigenvalue weighted by atomic mass is 10.3. The second-order valence-electron chi connectivity index (χ2n) is 4.14. The lowest BCUT2D eigenvalue weighted by molar-refractivity contribution is -0.690. The summed E-state index contributed by atoms with van der Waals surface area (Å²) in [6.45, 7) is 2.28. The summed E-state index contributed by atoms with van der Waals surface area (Å²) in [6, 6.07) is 11.5. The Morgan fingerprint density at radius 3 is 2.74 bits per heavy atom. The zero-order valence-corrected chi connectivity index (χ0v) is 13.5. The Hall–Kier alpha value is -1.20. The van der Waals surface area contributed by atoms with Crippen molar-refractivity contribution in [3.05, 3.63) is 57.2 Å². The second kappa shape index (κ2) is 6.30. The summed E-state index contributed by atoms with van der Waals surface area (Å²) >= 11 is 6.80. The third-order valence-electron chi connectivity index (χ3n) is 2.69. The van der Waals surface area contributed by atoms with Crippen molar-refractivity contribution >= 4 is 43.5 Å². The number of hydrogen-bond acceptors (Lipinski definition) is 1. The van der Waals surface area contributed by atoms with Crippen molar-refractivity contribution in [3.63, 3.8) is 0 Å². The number of carbonyl (C=O) groups is 1. The molecule has 0 atom stereocenters. The standard InChI is InChI=1S/C14H12Br2N2O/c1-10-4-2-3-7-18(10)9-14(19)17-13-6-5-11(15)8-12(13)16/h2-8H,9H2,1H3/p+1. The monoisotopic (exact) mass is 383 g/mol. The maximum atomic E-state index is 12.0. The van der Waals surface area contributed by atoms with E-state index in [-0.39, 0.29) is 5.91 Å². The Balaban J connectivity index is 2.08. The van der Waals surface area contributed by atoms with Crippen LogP contribution in [0.4, 0.5) is 5.69 Å². The fraction of sp³-hybridized carbons (Fsp3) is 0.143. The molecule has 0 radical (unpaired) electrons. The van der Waals surface area contributed by atoms with E-state index in [0.717, 1.165) is 20.3 Å². The minimum absolute atomic E-state index is 0.0534. The summed E-state index contributed by atoms with van der Waals surface area (Å²) in [6.07, 6.45) is 1.89. The number of aromatic nitrogens is 1. The van der Waals surface area contributed by atoms with Gasteiger partial charge in [-0.1, -0.05) is 22.0 Å². The lowest BCUT2D eigenvalue weighted by Crippen LogP contribution is -2.42. The number of benzene rings is 1. The van der Waals surface area contributed by atoms with E-state index >= 15 is 0 Å². The molecule has 0 fully saturated rings. The van der Waals surface area contributed by atoms with Crippen LogP contribution in [0.15, 0.2) is 51.5 Å². The third kappa shape index (κ3) is 3.88. The average Bonchev–Trinajstić information content (AvgIpc) is 2.36. The Kier molecular flexibility index (Phi) is 4.71. The summed E-state index contributed by atoms with van der Waals surface area (Å²) in [5.41, 5.74) is 1.81. The van der Waals surface area contributed by atoms with E-state index in [1.165, 1.54) is 0 Å². The van der Waals surface area contributed by atoms with Gasteiger partial charge in [-0.05, 0) is 34.1 Å². The minimum atomic E-state index is -0.0534. The van der Waals surface area contributed by atoms with Gasteiger partial charge in [0.05, 0.1) is 5.69 Å². The SMILES string of the molecule is Cc1cccc[n+]1CC(=O)Nc1ccc(Br)cc1Br. The van der Waals surface area contributed by atoms with E-state index in [9.17, 15) is 4.79 Å². The predicted molar refractivity (Wildman–Crippen MR) is 81.8 cm³/mol. The van der Waals surface area contributed by atoms with Crippen molar-refractivity contribution in [2.24, 2.45) is 0 Å². The van der Waals surface area contributed by atoms with Crippen molar-refractivity contribution in [3.8, 4) is 0 Å². The molecule has 1 heterocycles. The first kappa shape index (κ1) is 14.2. The van der Waals surface area contributed by atoms with Gasteiger partial charge in [0, 0.05) is 28.0 Å². The van der Waals surface area contributed by atoms with Crippen LogP contribution in [0, 0.1) is 6.92 Å². The van der Waals surface area contributed by atoms with Gasteiger partial charge in [-0.25, -0.2) is 0 Å². The van der Waals surface area contributed by atoms with E-state index in [4.69, 9.17) is 0 Å². The van der Waals surface area contributed by atoms with Crippen LogP contribution < -0.4 is 9.88 Å². The molecule has 3 nitrogen and oxygen atoms in total. The molecule has 0 unspecified atom stereocenters. The van der Waals surface area contributed by atoms with Gasteiger partial charge >= 0.3 is 0 Å². The molecular formula is C14H13Br2N2O+. The third-order valence-corrected chi connectivity index (χ3v) is 3.84. The van der Waals surface area contributed by atoms with Gasteiger partial charge in [-0.3, -0.25) is 4.79 Å². The zero-order chi connectivity index (χ0) is 13.8. The molecule has 0 spiro atoms. The van der Waals surface area contributed by atoms with Crippen LogP contribution in [0.2, 0.25) is 0 Å². The van der Waals surface area contributed by atoms with Gasteiger partial charge in [0.15, 0.2) is 11.9 Å². The molecule has 98 valence electrons. The molecular weight excluding hydrogens is 372 g/mol. The molecule has 1 N–H and O–H groups in total. The van der Waals surface area contributed by atoms with E-state index < -0.39 is 0 Å². The van der Waals surface area contributed by atoms with Crippen molar-refractivity contribution in [1.29, 1.82) is 0 Å². The molecule has 1 aromatic heterocycles. The zero-order valence-electron chi connectivity index (χ0n) is 10.4. The number of halogens is 2.